The summed E-state index contributed by atoms with van der Waals surface area (Å²) in [6.45, 7) is 4.40. The van der Waals surface area contributed by atoms with Gasteiger partial charge in [0.2, 0.25) is 0 Å². The van der Waals surface area contributed by atoms with Crippen LogP contribution in [0, 0.1) is 24.4 Å². The first-order valence-electron chi connectivity index (χ1n) is 11.7. The molecular formula is C28H27ClF3NO4. The minimum absolute atomic E-state index is 0.289. The van der Waals surface area contributed by atoms with Crippen molar-refractivity contribution in [2.24, 2.45) is 0 Å². The predicted octanol–water partition coefficient (Wildman–Crippen LogP) is 6.21. The van der Waals surface area contributed by atoms with Crippen LogP contribution in [0.2, 0.25) is 5.02 Å². The van der Waals surface area contributed by atoms with E-state index < -0.39 is 35.6 Å². The number of fused-ring (bicyclic) bond motifs is 1. The molecule has 0 unspecified atom stereocenters. The first kappa shape index (κ1) is 28.1. The molecule has 0 bridgehead atoms. The average Bonchev–Trinajstić information content (AvgIpc) is 2.88. The molecule has 37 heavy (non-hydrogen) atoms. The van der Waals surface area contributed by atoms with E-state index in [9.17, 15) is 22.8 Å². The molecular weight excluding hydrogens is 507 g/mol. The van der Waals surface area contributed by atoms with Gasteiger partial charge >= 0.3 is 5.97 Å². The maximum Gasteiger partial charge on any atom is 0.325 e. The second-order valence-electron chi connectivity index (χ2n) is 8.32. The van der Waals surface area contributed by atoms with Gasteiger partial charge in [-0.05, 0) is 67.1 Å². The summed E-state index contributed by atoms with van der Waals surface area (Å²) in [5, 5.41) is 2.49. The van der Waals surface area contributed by atoms with E-state index >= 15 is 0 Å². The van der Waals surface area contributed by atoms with Crippen LogP contribution >= 0.6 is 11.6 Å². The van der Waals surface area contributed by atoms with E-state index in [0.717, 1.165) is 73.6 Å². The van der Waals surface area contributed by atoms with Gasteiger partial charge < -0.3 is 14.8 Å². The van der Waals surface area contributed by atoms with E-state index in [1.165, 1.54) is 17.2 Å². The van der Waals surface area contributed by atoms with Crippen molar-refractivity contribution in [2.75, 3.05) is 20.3 Å². The first-order valence-corrected chi connectivity index (χ1v) is 12.1. The number of nitrogens with one attached hydrogen (secondary N) is 1. The van der Waals surface area contributed by atoms with Crippen molar-refractivity contribution < 1.29 is 32.2 Å². The number of rotatable bonds is 5. The molecule has 0 aromatic heterocycles. The number of hydrogen-bond donors (Lipinski definition) is 1. The maximum atomic E-state index is 13.6. The van der Waals surface area contributed by atoms with Crippen LogP contribution in [-0.4, -0.2) is 32.1 Å². The number of carbonyl (C=O) groups is 2. The van der Waals surface area contributed by atoms with Gasteiger partial charge in [0.25, 0.3) is 5.91 Å². The van der Waals surface area contributed by atoms with Gasteiger partial charge in [0.1, 0.15) is 35.3 Å². The van der Waals surface area contributed by atoms with E-state index in [-0.39, 0.29) is 5.82 Å². The van der Waals surface area contributed by atoms with Crippen LogP contribution in [0.3, 0.4) is 0 Å². The van der Waals surface area contributed by atoms with Crippen LogP contribution in [0.4, 0.5) is 13.2 Å². The third-order valence-electron chi connectivity index (χ3n) is 5.91. The Balaban J connectivity index is 0.000000214. The molecule has 1 aliphatic heterocycles. The molecule has 5 nitrogen and oxygen atoms in total. The Morgan fingerprint density at radius 1 is 1.11 bits per heavy atom. The van der Waals surface area contributed by atoms with E-state index in [1.807, 2.05) is 18.3 Å². The zero-order valence-corrected chi connectivity index (χ0v) is 21.5. The molecule has 4 rings (SSSR count). The summed E-state index contributed by atoms with van der Waals surface area (Å²) in [5.74, 6) is -3.04. The lowest BCUT2D eigenvalue weighted by Crippen LogP contribution is -2.31. The zero-order chi connectivity index (χ0) is 27.1. The molecule has 0 spiro atoms. The lowest BCUT2D eigenvalue weighted by molar-refractivity contribution is -0.139. The highest BCUT2D eigenvalue weighted by atomic mass is 35.5. The molecule has 3 aromatic rings. The SMILES string of the molecule is CCc1cc(F)cc(Cl)c1-c1ccc(C)c2c1OCCC2.COC(=O)CNC(=O)c1c(F)cccc1F. The summed E-state index contributed by atoms with van der Waals surface area (Å²) in [6, 6.07) is 10.1. The van der Waals surface area contributed by atoms with E-state index in [1.54, 1.807) is 6.07 Å². The number of esters is 1. The van der Waals surface area contributed by atoms with Crippen molar-refractivity contribution in [3.05, 3.63) is 87.2 Å². The van der Waals surface area contributed by atoms with Gasteiger partial charge in [-0.2, -0.15) is 0 Å². The number of benzene rings is 3. The number of halogens is 4. The van der Waals surface area contributed by atoms with Gasteiger partial charge in [-0.15, -0.1) is 0 Å². The number of aryl methyl sites for hydroxylation is 2. The topological polar surface area (TPSA) is 64.6 Å². The largest absolute Gasteiger partial charge is 0.493 e. The van der Waals surface area contributed by atoms with Crippen LogP contribution in [0.25, 0.3) is 11.1 Å². The van der Waals surface area contributed by atoms with E-state index in [2.05, 4.69) is 17.7 Å². The van der Waals surface area contributed by atoms with Crippen LogP contribution in [-0.2, 0) is 22.4 Å². The lowest BCUT2D eigenvalue weighted by atomic mass is 9.91. The van der Waals surface area contributed by atoms with Crippen molar-refractivity contribution in [3.8, 4) is 16.9 Å². The van der Waals surface area contributed by atoms with Crippen molar-refractivity contribution >= 4 is 23.5 Å². The molecule has 1 aliphatic rings. The lowest BCUT2D eigenvalue weighted by Gasteiger charge is -2.24. The molecule has 196 valence electrons. The van der Waals surface area contributed by atoms with Crippen molar-refractivity contribution in [1.82, 2.24) is 5.32 Å². The zero-order valence-electron chi connectivity index (χ0n) is 20.7. The van der Waals surface area contributed by atoms with Gasteiger partial charge in [-0.1, -0.05) is 36.7 Å². The normalized spacial score (nSPS) is 12.0. The summed E-state index contributed by atoms with van der Waals surface area (Å²) < 4.78 is 50.0. The molecule has 3 aromatic carbocycles. The van der Waals surface area contributed by atoms with Gasteiger partial charge in [-0.25, -0.2) is 13.2 Å². The molecule has 1 heterocycles. The molecule has 0 saturated heterocycles. The molecule has 1 N–H and O–H groups in total. The van der Waals surface area contributed by atoms with Crippen molar-refractivity contribution in [1.29, 1.82) is 0 Å². The highest BCUT2D eigenvalue weighted by Gasteiger charge is 2.21. The number of methoxy groups -OCH3 is 1. The number of amides is 1. The van der Waals surface area contributed by atoms with Gasteiger partial charge in [0, 0.05) is 11.1 Å². The number of ether oxygens (including phenoxy) is 2. The fourth-order valence-electron chi connectivity index (χ4n) is 4.06. The summed E-state index contributed by atoms with van der Waals surface area (Å²) >= 11 is 6.33. The highest BCUT2D eigenvalue weighted by molar-refractivity contribution is 6.33. The molecule has 0 fully saturated rings. The first-order chi connectivity index (χ1) is 17.7. The molecule has 0 aliphatic carbocycles. The average molecular weight is 534 g/mol. The fourth-order valence-corrected chi connectivity index (χ4v) is 4.38. The third kappa shape index (κ3) is 6.63. The Hall–Kier alpha value is -3.52. The van der Waals surface area contributed by atoms with Gasteiger partial charge in [0.15, 0.2) is 0 Å². The summed E-state index contributed by atoms with van der Waals surface area (Å²) in [6.07, 6.45) is 2.79. The van der Waals surface area contributed by atoms with Crippen molar-refractivity contribution in [2.45, 2.75) is 33.1 Å². The molecule has 1 amide bonds. The van der Waals surface area contributed by atoms with Gasteiger partial charge in [0.05, 0.1) is 18.7 Å². The fraction of sp³-hybridized carbons (Fsp3) is 0.286. The molecule has 0 radical (unpaired) electrons. The standard InChI is InChI=1S/C18H18ClFO.C10H9F2NO3/c1-3-12-9-13(20)10-16(19)17(12)15-7-6-11(2)14-5-4-8-21-18(14)15;1-16-8(14)5-13-10(15)9-6(11)3-2-4-7(9)12/h6-7,9-10H,3-5,8H2,1-2H3;2-4H,5H2,1H3,(H,13,15). The van der Waals surface area contributed by atoms with Crippen LogP contribution in [0.5, 0.6) is 5.75 Å². The van der Waals surface area contributed by atoms with E-state index in [0.29, 0.717) is 5.02 Å². The smallest absolute Gasteiger partial charge is 0.325 e. The molecule has 0 saturated carbocycles. The number of hydrogen-bond acceptors (Lipinski definition) is 4. The quantitative estimate of drug-likeness (QED) is 0.396. The second kappa shape index (κ2) is 12.6. The Kier molecular flexibility index (Phi) is 9.58. The Labute approximate surface area is 218 Å². The maximum absolute atomic E-state index is 13.6. The van der Waals surface area contributed by atoms with E-state index in [4.69, 9.17) is 16.3 Å². The monoisotopic (exact) mass is 533 g/mol. The summed E-state index contributed by atoms with van der Waals surface area (Å²) in [4.78, 5) is 22.0. The minimum Gasteiger partial charge on any atom is -0.493 e. The Morgan fingerprint density at radius 3 is 2.46 bits per heavy atom. The highest BCUT2D eigenvalue weighted by Crippen LogP contribution is 2.42. The van der Waals surface area contributed by atoms with Crippen LogP contribution < -0.4 is 10.1 Å². The van der Waals surface area contributed by atoms with Crippen molar-refractivity contribution in [3.63, 3.8) is 0 Å². The Bertz CT molecular complexity index is 1290. The van der Waals surface area contributed by atoms with Crippen LogP contribution in [0.1, 0.15) is 40.4 Å². The molecule has 0 atom stereocenters. The second-order valence-corrected chi connectivity index (χ2v) is 8.73. The predicted molar refractivity (Wildman–Crippen MR) is 135 cm³/mol. The van der Waals surface area contributed by atoms with Gasteiger partial charge in [-0.3, -0.25) is 9.59 Å². The summed E-state index contributed by atoms with van der Waals surface area (Å²) in [7, 11) is 1.14. The third-order valence-corrected chi connectivity index (χ3v) is 6.21. The minimum atomic E-state index is -0.999. The molecule has 9 heteroatoms. The van der Waals surface area contributed by atoms with Crippen LogP contribution in [0.15, 0.2) is 42.5 Å². The summed E-state index contributed by atoms with van der Waals surface area (Å²) in [5.41, 5.74) is 4.58. The number of carbonyl (C=O) groups excluding carboxylic acids is 2. The Morgan fingerprint density at radius 2 is 1.81 bits per heavy atom.